The van der Waals surface area contributed by atoms with Crippen LogP contribution in [0.2, 0.25) is 0 Å². The van der Waals surface area contributed by atoms with Crippen LogP contribution in [0.25, 0.3) is 0 Å². The van der Waals surface area contributed by atoms with Gasteiger partial charge in [-0.3, -0.25) is 4.79 Å². The lowest BCUT2D eigenvalue weighted by atomic mass is 9.73. The van der Waals surface area contributed by atoms with Crippen LogP contribution in [-0.4, -0.2) is 18.6 Å². The van der Waals surface area contributed by atoms with Crippen LogP contribution in [0, 0.1) is 5.41 Å². The van der Waals surface area contributed by atoms with Gasteiger partial charge in [0, 0.05) is 6.04 Å². The fraction of sp³-hybridized carbons (Fsp3) is 0.588. The number of nitrogens with two attached hydrogens (primary N) is 1. The summed E-state index contributed by atoms with van der Waals surface area (Å²) in [4.78, 5) is 12.1. The number of hydrogen-bond donors (Lipinski definition) is 2. The summed E-state index contributed by atoms with van der Waals surface area (Å²) in [5, 5.41) is 3.16. The molecule has 1 atom stereocenters. The molecule has 0 aliphatic heterocycles. The summed E-state index contributed by atoms with van der Waals surface area (Å²) >= 11 is 0. The quantitative estimate of drug-likeness (QED) is 0.819. The Balaban J connectivity index is 1.76. The van der Waals surface area contributed by atoms with Crippen molar-refractivity contribution >= 4 is 11.6 Å². The molecule has 0 radical (unpaired) electrons. The highest BCUT2D eigenvalue weighted by atomic mass is 16.5. The number of nitrogen functional groups attached to an aromatic ring is 1. The molecule has 1 fully saturated rings. The Morgan fingerprint density at radius 2 is 2.14 bits per heavy atom. The minimum atomic E-state index is 0.0597. The first-order valence-electron chi connectivity index (χ1n) is 7.76. The highest BCUT2D eigenvalue weighted by molar-refractivity contribution is 5.76. The number of hydrogen-bond acceptors (Lipinski definition) is 3. The molecule has 1 amide bonds. The Bertz CT molecular complexity index is 485. The molecule has 1 aromatic rings. The third-order valence-corrected chi connectivity index (χ3v) is 4.35. The monoisotopic (exact) mass is 290 g/mol. The van der Waals surface area contributed by atoms with Crippen LogP contribution in [0.4, 0.5) is 5.69 Å². The molecule has 0 spiro atoms. The van der Waals surface area contributed by atoms with E-state index in [4.69, 9.17) is 10.5 Å². The molecule has 1 aliphatic rings. The predicted octanol–water partition coefficient (Wildman–Crippen LogP) is 3.12. The van der Waals surface area contributed by atoms with E-state index in [0.29, 0.717) is 24.5 Å². The first-order chi connectivity index (χ1) is 9.99. The van der Waals surface area contributed by atoms with Crippen LogP contribution in [-0.2, 0) is 4.79 Å². The maximum atomic E-state index is 12.1. The van der Waals surface area contributed by atoms with Crippen molar-refractivity contribution in [3.05, 3.63) is 24.3 Å². The van der Waals surface area contributed by atoms with Gasteiger partial charge in [-0.05, 0) is 30.4 Å². The molecule has 0 heterocycles. The van der Waals surface area contributed by atoms with E-state index >= 15 is 0 Å². The summed E-state index contributed by atoms with van der Waals surface area (Å²) in [6, 6.07) is 7.62. The lowest BCUT2D eigenvalue weighted by molar-refractivity contribution is -0.123. The van der Waals surface area contributed by atoms with Crippen molar-refractivity contribution in [1.82, 2.24) is 5.32 Å². The van der Waals surface area contributed by atoms with Gasteiger partial charge in [0.2, 0.25) is 5.91 Å². The smallest absolute Gasteiger partial charge is 0.223 e. The van der Waals surface area contributed by atoms with Gasteiger partial charge in [-0.25, -0.2) is 0 Å². The van der Waals surface area contributed by atoms with E-state index in [9.17, 15) is 4.79 Å². The van der Waals surface area contributed by atoms with Crippen molar-refractivity contribution in [2.75, 3.05) is 12.3 Å². The minimum absolute atomic E-state index is 0.0597. The second kappa shape index (κ2) is 6.83. The van der Waals surface area contributed by atoms with Crippen molar-refractivity contribution in [2.45, 2.75) is 52.0 Å². The second-order valence-corrected chi connectivity index (χ2v) is 6.49. The fourth-order valence-electron chi connectivity index (χ4n) is 2.89. The summed E-state index contributed by atoms with van der Waals surface area (Å²) in [7, 11) is 0. The average molecular weight is 290 g/mol. The molecule has 1 unspecified atom stereocenters. The van der Waals surface area contributed by atoms with E-state index in [-0.39, 0.29) is 17.4 Å². The molecule has 21 heavy (non-hydrogen) atoms. The van der Waals surface area contributed by atoms with E-state index in [1.54, 1.807) is 6.07 Å². The first kappa shape index (κ1) is 15.7. The number of carbonyl (C=O) groups is 1. The van der Waals surface area contributed by atoms with Crippen LogP contribution in [0.1, 0.15) is 46.0 Å². The molecule has 1 saturated carbocycles. The maximum absolute atomic E-state index is 12.1. The standard InChI is InChI=1S/C17H26N2O2/c1-17(2)11-6-5-9-15(17)19-16(20)10-12-21-14-8-4-3-7-13(14)18/h3-4,7-8,15H,5-6,9-12,18H2,1-2H3,(H,19,20). The molecule has 3 N–H and O–H groups in total. The van der Waals surface area contributed by atoms with E-state index < -0.39 is 0 Å². The van der Waals surface area contributed by atoms with Gasteiger partial charge in [0.1, 0.15) is 5.75 Å². The summed E-state index contributed by atoms with van der Waals surface area (Å²) in [5.41, 5.74) is 6.59. The molecular formula is C17H26N2O2. The third kappa shape index (κ3) is 4.38. The molecule has 4 heteroatoms. The Labute approximate surface area is 127 Å². The number of anilines is 1. The molecule has 0 bridgehead atoms. The highest BCUT2D eigenvalue weighted by Crippen LogP contribution is 2.35. The molecule has 1 aromatic carbocycles. The number of ether oxygens (including phenoxy) is 1. The number of carbonyl (C=O) groups excluding carboxylic acids is 1. The Kier molecular flexibility index (Phi) is 5.10. The van der Waals surface area contributed by atoms with Gasteiger partial charge in [0.05, 0.1) is 18.7 Å². The predicted molar refractivity (Wildman–Crippen MR) is 85.1 cm³/mol. The summed E-state index contributed by atoms with van der Waals surface area (Å²) < 4.78 is 5.56. The molecular weight excluding hydrogens is 264 g/mol. The maximum Gasteiger partial charge on any atom is 0.223 e. The van der Waals surface area contributed by atoms with Crippen LogP contribution in [0.5, 0.6) is 5.75 Å². The molecule has 0 aromatic heterocycles. The molecule has 4 nitrogen and oxygen atoms in total. The molecule has 0 saturated heterocycles. The Morgan fingerprint density at radius 1 is 1.38 bits per heavy atom. The minimum Gasteiger partial charge on any atom is -0.491 e. The number of nitrogens with one attached hydrogen (secondary N) is 1. The molecule has 2 rings (SSSR count). The third-order valence-electron chi connectivity index (χ3n) is 4.35. The van der Waals surface area contributed by atoms with Crippen LogP contribution < -0.4 is 15.8 Å². The molecule has 1 aliphatic carbocycles. The van der Waals surface area contributed by atoms with Gasteiger partial charge in [0.15, 0.2) is 0 Å². The zero-order chi connectivity index (χ0) is 15.3. The zero-order valence-electron chi connectivity index (χ0n) is 13.0. The largest absolute Gasteiger partial charge is 0.491 e. The molecule has 116 valence electrons. The van der Waals surface area contributed by atoms with Crippen molar-refractivity contribution < 1.29 is 9.53 Å². The zero-order valence-corrected chi connectivity index (χ0v) is 13.0. The van der Waals surface area contributed by atoms with Gasteiger partial charge in [0.25, 0.3) is 0 Å². The van der Waals surface area contributed by atoms with Crippen LogP contribution in [0.15, 0.2) is 24.3 Å². The van der Waals surface area contributed by atoms with Crippen molar-refractivity contribution in [2.24, 2.45) is 5.41 Å². The van der Waals surface area contributed by atoms with Gasteiger partial charge in [-0.15, -0.1) is 0 Å². The van der Waals surface area contributed by atoms with Gasteiger partial charge in [-0.1, -0.05) is 38.8 Å². The first-order valence-corrected chi connectivity index (χ1v) is 7.76. The number of benzene rings is 1. The number of rotatable bonds is 5. The average Bonchev–Trinajstić information content (AvgIpc) is 2.43. The highest BCUT2D eigenvalue weighted by Gasteiger charge is 2.32. The van der Waals surface area contributed by atoms with E-state index in [0.717, 1.165) is 6.42 Å². The van der Waals surface area contributed by atoms with Gasteiger partial charge < -0.3 is 15.8 Å². The topological polar surface area (TPSA) is 64.3 Å². The SMILES string of the molecule is CC1(C)CCCCC1NC(=O)CCOc1ccccc1N. The Morgan fingerprint density at radius 3 is 2.86 bits per heavy atom. The summed E-state index contributed by atoms with van der Waals surface area (Å²) in [5.74, 6) is 0.702. The lowest BCUT2D eigenvalue weighted by Gasteiger charge is -2.39. The van der Waals surface area contributed by atoms with Gasteiger partial charge in [-0.2, -0.15) is 0 Å². The van der Waals surface area contributed by atoms with Crippen molar-refractivity contribution in [3.8, 4) is 5.75 Å². The fourth-order valence-corrected chi connectivity index (χ4v) is 2.89. The van der Waals surface area contributed by atoms with E-state index in [1.165, 1.54) is 19.3 Å². The van der Waals surface area contributed by atoms with Crippen LogP contribution >= 0.6 is 0 Å². The summed E-state index contributed by atoms with van der Waals surface area (Å²) in [6.07, 6.45) is 5.07. The van der Waals surface area contributed by atoms with Crippen LogP contribution in [0.3, 0.4) is 0 Å². The summed E-state index contributed by atoms with van der Waals surface area (Å²) in [6.45, 7) is 4.82. The lowest BCUT2D eigenvalue weighted by Crippen LogP contribution is -2.47. The van der Waals surface area contributed by atoms with E-state index in [2.05, 4.69) is 19.2 Å². The second-order valence-electron chi connectivity index (χ2n) is 6.49. The van der Waals surface area contributed by atoms with E-state index in [1.807, 2.05) is 18.2 Å². The number of amides is 1. The normalized spacial score (nSPS) is 20.8. The Hall–Kier alpha value is -1.71. The number of para-hydroxylation sites is 2. The van der Waals surface area contributed by atoms with Crippen molar-refractivity contribution in [1.29, 1.82) is 0 Å². The van der Waals surface area contributed by atoms with Crippen molar-refractivity contribution in [3.63, 3.8) is 0 Å². The van der Waals surface area contributed by atoms with Gasteiger partial charge >= 0.3 is 0 Å².